The van der Waals surface area contributed by atoms with Crippen molar-refractivity contribution in [3.05, 3.63) is 84.4 Å². The van der Waals surface area contributed by atoms with E-state index in [-0.39, 0.29) is 11.0 Å². The normalized spacial score (nSPS) is 10.4. The summed E-state index contributed by atoms with van der Waals surface area (Å²) in [4.78, 5) is 12.5. The van der Waals surface area contributed by atoms with Gasteiger partial charge in [-0.1, -0.05) is 38.1 Å². The van der Waals surface area contributed by atoms with E-state index < -0.39 is 0 Å². The second kappa shape index (κ2) is 11.1. The quantitative estimate of drug-likeness (QED) is 0.381. The number of para-hydroxylation sites is 1. The highest BCUT2D eigenvalue weighted by Gasteiger charge is 2.09. The standard InChI is InChI=1S/C25H27N3O2S/c1-18(2)15-16-30-23-10-6-7-19(17-23)24(29)28-25(31)27-22-13-11-21(12-14-22)26-20-8-4-3-5-9-20/h3-14,17-18,26H,15-16H2,1-2H3,(H2,27,28,29,31). The summed E-state index contributed by atoms with van der Waals surface area (Å²) in [6.07, 6.45) is 0.962. The van der Waals surface area contributed by atoms with Crippen molar-refractivity contribution >= 4 is 40.3 Å². The molecule has 0 aliphatic heterocycles. The molecule has 0 heterocycles. The van der Waals surface area contributed by atoms with Crippen LogP contribution in [0.25, 0.3) is 0 Å². The topological polar surface area (TPSA) is 62.4 Å². The summed E-state index contributed by atoms with van der Waals surface area (Å²) < 4.78 is 5.73. The highest BCUT2D eigenvalue weighted by Crippen LogP contribution is 2.19. The van der Waals surface area contributed by atoms with Crippen LogP contribution in [0.4, 0.5) is 17.1 Å². The Bertz CT molecular complexity index is 1000. The van der Waals surface area contributed by atoms with Crippen LogP contribution < -0.4 is 20.7 Å². The number of anilines is 3. The molecule has 1 amide bonds. The van der Waals surface area contributed by atoms with E-state index in [2.05, 4.69) is 29.8 Å². The van der Waals surface area contributed by atoms with Crippen LogP contribution in [0.5, 0.6) is 5.75 Å². The largest absolute Gasteiger partial charge is 0.494 e. The van der Waals surface area contributed by atoms with Gasteiger partial charge in [-0.25, -0.2) is 0 Å². The first-order chi connectivity index (χ1) is 15.0. The van der Waals surface area contributed by atoms with Gasteiger partial charge in [0.2, 0.25) is 0 Å². The third-order valence-corrected chi connectivity index (χ3v) is 4.70. The summed E-state index contributed by atoms with van der Waals surface area (Å²) in [6, 6.07) is 24.7. The molecule has 31 heavy (non-hydrogen) atoms. The van der Waals surface area contributed by atoms with Gasteiger partial charge < -0.3 is 15.4 Å². The van der Waals surface area contributed by atoms with Gasteiger partial charge in [0.05, 0.1) is 6.61 Å². The van der Waals surface area contributed by atoms with Gasteiger partial charge in [-0.3, -0.25) is 10.1 Å². The van der Waals surface area contributed by atoms with Crippen molar-refractivity contribution in [3.63, 3.8) is 0 Å². The van der Waals surface area contributed by atoms with Crippen molar-refractivity contribution in [2.45, 2.75) is 20.3 Å². The van der Waals surface area contributed by atoms with E-state index in [9.17, 15) is 4.79 Å². The number of rotatable bonds is 8. The van der Waals surface area contributed by atoms with E-state index in [1.54, 1.807) is 18.2 Å². The molecule has 3 rings (SSSR count). The second-order valence-electron chi connectivity index (χ2n) is 7.54. The van der Waals surface area contributed by atoms with E-state index in [4.69, 9.17) is 17.0 Å². The molecule has 0 spiro atoms. The molecule has 0 aliphatic rings. The third-order valence-electron chi connectivity index (χ3n) is 4.49. The van der Waals surface area contributed by atoms with Crippen molar-refractivity contribution in [3.8, 4) is 5.75 Å². The lowest BCUT2D eigenvalue weighted by molar-refractivity contribution is 0.0977. The smallest absolute Gasteiger partial charge is 0.257 e. The lowest BCUT2D eigenvalue weighted by Gasteiger charge is -2.12. The number of hydrogen-bond donors (Lipinski definition) is 3. The minimum Gasteiger partial charge on any atom is -0.494 e. The molecule has 3 N–H and O–H groups in total. The van der Waals surface area contributed by atoms with Crippen LogP contribution in [0.15, 0.2) is 78.9 Å². The first-order valence-electron chi connectivity index (χ1n) is 10.3. The lowest BCUT2D eigenvalue weighted by atomic mass is 10.1. The van der Waals surface area contributed by atoms with Crippen LogP contribution >= 0.6 is 12.2 Å². The van der Waals surface area contributed by atoms with Crippen molar-refractivity contribution in [2.75, 3.05) is 17.2 Å². The van der Waals surface area contributed by atoms with Gasteiger partial charge >= 0.3 is 0 Å². The van der Waals surface area contributed by atoms with Crippen LogP contribution in [-0.2, 0) is 0 Å². The summed E-state index contributed by atoms with van der Waals surface area (Å²) in [5.74, 6) is 0.959. The Morgan fingerprint density at radius 3 is 2.29 bits per heavy atom. The molecule has 6 heteroatoms. The second-order valence-corrected chi connectivity index (χ2v) is 7.94. The maximum absolute atomic E-state index is 12.5. The first-order valence-corrected chi connectivity index (χ1v) is 10.7. The van der Waals surface area contributed by atoms with Crippen molar-refractivity contribution < 1.29 is 9.53 Å². The molecule has 0 saturated heterocycles. The number of carbonyl (C=O) groups excluding carboxylic acids is 1. The summed E-state index contributed by atoms with van der Waals surface area (Å²) in [7, 11) is 0. The van der Waals surface area contributed by atoms with Gasteiger partial charge in [0.25, 0.3) is 5.91 Å². The molecule has 0 atom stereocenters. The van der Waals surface area contributed by atoms with Gasteiger partial charge in [0.15, 0.2) is 5.11 Å². The number of hydrogen-bond acceptors (Lipinski definition) is 4. The molecule has 0 aliphatic carbocycles. The monoisotopic (exact) mass is 433 g/mol. The maximum atomic E-state index is 12.5. The molecule has 0 saturated carbocycles. The molecule has 5 nitrogen and oxygen atoms in total. The van der Waals surface area contributed by atoms with Gasteiger partial charge in [-0.15, -0.1) is 0 Å². The zero-order valence-electron chi connectivity index (χ0n) is 17.7. The highest BCUT2D eigenvalue weighted by molar-refractivity contribution is 7.80. The van der Waals surface area contributed by atoms with E-state index in [1.165, 1.54) is 0 Å². The lowest BCUT2D eigenvalue weighted by Crippen LogP contribution is -2.34. The number of amides is 1. The van der Waals surface area contributed by atoms with Crippen LogP contribution in [0.1, 0.15) is 30.6 Å². The van der Waals surface area contributed by atoms with Crippen molar-refractivity contribution in [2.24, 2.45) is 5.92 Å². The predicted octanol–water partition coefficient (Wildman–Crippen LogP) is 5.98. The minimum atomic E-state index is -0.283. The third kappa shape index (κ3) is 7.42. The number of nitrogens with one attached hydrogen (secondary N) is 3. The Morgan fingerprint density at radius 2 is 1.58 bits per heavy atom. The summed E-state index contributed by atoms with van der Waals surface area (Å²) in [5.41, 5.74) is 3.26. The Kier molecular flexibility index (Phi) is 8.01. The molecule has 0 radical (unpaired) electrons. The summed E-state index contributed by atoms with van der Waals surface area (Å²) >= 11 is 5.29. The molecule has 0 unspecified atom stereocenters. The summed E-state index contributed by atoms with van der Waals surface area (Å²) in [6.45, 7) is 4.92. The van der Waals surface area contributed by atoms with Gasteiger partial charge in [0, 0.05) is 22.6 Å². The fourth-order valence-corrected chi connectivity index (χ4v) is 3.01. The van der Waals surface area contributed by atoms with Crippen molar-refractivity contribution in [1.29, 1.82) is 0 Å². The molecule has 3 aromatic carbocycles. The van der Waals surface area contributed by atoms with Gasteiger partial charge in [-0.05, 0) is 79.2 Å². The average Bonchev–Trinajstić information content (AvgIpc) is 2.76. The fraction of sp³-hybridized carbons (Fsp3) is 0.200. The van der Waals surface area contributed by atoms with E-state index in [0.29, 0.717) is 23.8 Å². The molecule has 0 fully saturated rings. The molecule has 160 valence electrons. The maximum Gasteiger partial charge on any atom is 0.257 e. The van der Waals surface area contributed by atoms with Crippen LogP contribution in [0, 0.1) is 5.92 Å². The molecule has 0 bridgehead atoms. The van der Waals surface area contributed by atoms with Crippen LogP contribution in [0.2, 0.25) is 0 Å². The SMILES string of the molecule is CC(C)CCOc1cccc(C(=O)NC(=S)Nc2ccc(Nc3ccccc3)cc2)c1. The predicted molar refractivity (Wildman–Crippen MR) is 131 cm³/mol. The number of ether oxygens (including phenoxy) is 1. The zero-order chi connectivity index (χ0) is 22.1. The summed E-state index contributed by atoms with van der Waals surface area (Å²) in [5, 5.41) is 9.30. The van der Waals surface area contributed by atoms with Crippen LogP contribution in [-0.4, -0.2) is 17.6 Å². The fourth-order valence-electron chi connectivity index (χ4n) is 2.80. The van der Waals surface area contributed by atoms with E-state index in [1.807, 2.05) is 60.7 Å². The van der Waals surface area contributed by atoms with E-state index >= 15 is 0 Å². The molecular weight excluding hydrogens is 406 g/mol. The first kappa shape index (κ1) is 22.3. The Morgan fingerprint density at radius 1 is 0.903 bits per heavy atom. The molecule has 0 aromatic heterocycles. The Labute approximate surface area is 188 Å². The number of thiocarbonyl (C=S) groups is 1. The number of benzene rings is 3. The highest BCUT2D eigenvalue weighted by atomic mass is 32.1. The molecular formula is C25H27N3O2S. The molecule has 3 aromatic rings. The van der Waals surface area contributed by atoms with Gasteiger partial charge in [-0.2, -0.15) is 0 Å². The Balaban J connectivity index is 1.51. The minimum absolute atomic E-state index is 0.236. The zero-order valence-corrected chi connectivity index (χ0v) is 18.5. The Hall–Kier alpha value is -3.38. The van der Waals surface area contributed by atoms with E-state index in [0.717, 1.165) is 23.5 Å². The van der Waals surface area contributed by atoms with Crippen LogP contribution in [0.3, 0.4) is 0 Å². The van der Waals surface area contributed by atoms with Gasteiger partial charge in [0.1, 0.15) is 5.75 Å². The number of carbonyl (C=O) groups is 1. The van der Waals surface area contributed by atoms with Crippen molar-refractivity contribution in [1.82, 2.24) is 5.32 Å². The average molecular weight is 434 g/mol.